The van der Waals surface area contributed by atoms with Crippen LogP contribution in [0.4, 0.5) is 0 Å². The van der Waals surface area contributed by atoms with E-state index in [0.29, 0.717) is 11.3 Å². The van der Waals surface area contributed by atoms with Crippen molar-refractivity contribution in [3.8, 4) is 6.07 Å². The first kappa shape index (κ1) is 15.3. The van der Waals surface area contributed by atoms with Crippen molar-refractivity contribution < 1.29 is 14.7 Å². The summed E-state index contributed by atoms with van der Waals surface area (Å²) in [5.74, 6) is -0.999. The third-order valence-electron chi connectivity index (χ3n) is 3.26. The third kappa shape index (κ3) is 3.16. The Hall–Kier alpha value is -2.07. The minimum atomic E-state index is -0.997. The van der Waals surface area contributed by atoms with Gasteiger partial charge in [0.2, 0.25) is 0 Å². The number of pyridine rings is 1. The van der Waals surface area contributed by atoms with Crippen LogP contribution in [0.5, 0.6) is 0 Å². The molecular weight excluding hydrogens is 290 g/mol. The number of aliphatic carboxylic acids is 1. The van der Waals surface area contributed by atoms with E-state index in [1.807, 2.05) is 13.0 Å². The van der Waals surface area contributed by atoms with E-state index in [1.54, 1.807) is 0 Å². The normalized spacial score (nSPS) is 21.0. The van der Waals surface area contributed by atoms with Crippen molar-refractivity contribution in [1.29, 1.82) is 5.26 Å². The number of aromatic nitrogens is 1. The maximum Gasteiger partial charge on any atom is 0.327 e. The molecule has 1 aliphatic heterocycles. The zero-order valence-corrected chi connectivity index (χ0v) is 12.3. The Morgan fingerprint density at radius 2 is 2.33 bits per heavy atom. The second kappa shape index (κ2) is 6.59. The molecule has 0 bridgehead atoms. The molecule has 6 nitrogen and oxygen atoms in total. The highest BCUT2D eigenvalue weighted by Gasteiger charge is 2.41. The van der Waals surface area contributed by atoms with Gasteiger partial charge in [0.05, 0.1) is 10.9 Å². The minimum absolute atomic E-state index is 0.138. The highest BCUT2D eigenvalue weighted by Crippen LogP contribution is 2.33. The van der Waals surface area contributed by atoms with Crippen molar-refractivity contribution in [2.75, 3.05) is 5.75 Å². The fraction of sp³-hybridized carbons (Fsp3) is 0.429. The van der Waals surface area contributed by atoms with Gasteiger partial charge in [-0.25, -0.2) is 9.78 Å². The number of carboxylic acid groups (broad SMARTS) is 1. The van der Waals surface area contributed by atoms with E-state index in [-0.39, 0.29) is 11.1 Å². The second-order valence-electron chi connectivity index (χ2n) is 4.69. The van der Waals surface area contributed by atoms with E-state index >= 15 is 0 Å². The zero-order chi connectivity index (χ0) is 15.4. The van der Waals surface area contributed by atoms with E-state index in [4.69, 9.17) is 5.26 Å². The first-order chi connectivity index (χ1) is 10.1. The van der Waals surface area contributed by atoms with Crippen LogP contribution < -0.4 is 0 Å². The Bertz CT molecular complexity index is 582. The Kier molecular flexibility index (Phi) is 4.81. The van der Waals surface area contributed by atoms with Gasteiger partial charge < -0.3 is 10.0 Å². The Labute approximate surface area is 126 Å². The quantitative estimate of drug-likeness (QED) is 0.910. The molecule has 7 heteroatoms. The number of carbonyl (C=O) groups is 2. The molecule has 1 saturated heterocycles. The van der Waals surface area contributed by atoms with Crippen LogP contribution in [-0.4, -0.2) is 44.0 Å². The van der Waals surface area contributed by atoms with E-state index in [2.05, 4.69) is 4.98 Å². The molecule has 1 fully saturated rings. The van der Waals surface area contributed by atoms with Gasteiger partial charge >= 0.3 is 5.97 Å². The molecule has 0 aliphatic carbocycles. The van der Waals surface area contributed by atoms with Crippen LogP contribution in [-0.2, 0) is 4.79 Å². The standard InChI is InChI=1S/C14H15N3O3S/c1-2-3-12-17(11(8-21-12)14(19)20)13(18)10-5-4-9(6-15)7-16-10/h4-5,7,11-12H,2-3,8H2,1H3,(H,19,20). The van der Waals surface area contributed by atoms with Gasteiger partial charge in [0.1, 0.15) is 17.8 Å². The third-order valence-corrected chi connectivity index (χ3v) is 4.62. The number of hydrogen-bond acceptors (Lipinski definition) is 5. The lowest BCUT2D eigenvalue weighted by Gasteiger charge is -2.26. The summed E-state index contributed by atoms with van der Waals surface area (Å²) in [7, 11) is 0. The monoisotopic (exact) mass is 305 g/mol. The van der Waals surface area contributed by atoms with Gasteiger partial charge in [-0.15, -0.1) is 11.8 Å². The first-order valence-corrected chi connectivity index (χ1v) is 7.66. The van der Waals surface area contributed by atoms with Crippen LogP contribution in [0.15, 0.2) is 18.3 Å². The van der Waals surface area contributed by atoms with Gasteiger partial charge in [-0.2, -0.15) is 5.26 Å². The molecular formula is C14H15N3O3S. The molecule has 1 aromatic rings. The summed E-state index contributed by atoms with van der Waals surface area (Å²) in [6, 6.07) is 4.08. The van der Waals surface area contributed by atoms with Gasteiger partial charge in [-0.3, -0.25) is 4.79 Å². The van der Waals surface area contributed by atoms with Gasteiger partial charge in [0, 0.05) is 11.9 Å². The molecule has 21 heavy (non-hydrogen) atoms. The van der Waals surface area contributed by atoms with Crippen molar-refractivity contribution >= 4 is 23.6 Å². The lowest BCUT2D eigenvalue weighted by molar-refractivity contribution is -0.141. The number of carboxylic acids is 1. The fourth-order valence-corrected chi connectivity index (χ4v) is 3.73. The van der Waals surface area contributed by atoms with Gasteiger partial charge in [-0.1, -0.05) is 13.3 Å². The zero-order valence-electron chi connectivity index (χ0n) is 11.5. The largest absolute Gasteiger partial charge is 0.480 e. The minimum Gasteiger partial charge on any atom is -0.480 e. The van der Waals surface area contributed by atoms with Gasteiger partial charge in [-0.05, 0) is 18.6 Å². The van der Waals surface area contributed by atoms with Crippen LogP contribution >= 0.6 is 11.8 Å². The van der Waals surface area contributed by atoms with Crippen molar-refractivity contribution in [2.45, 2.75) is 31.2 Å². The average molecular weight is 305 g/mol. The maximum absolute atomic E-state index is 12.6. The van der Waals surface area contributed by atoms with Crippen molar-refractivity contribution in [1.82, 2.24) is 9.88 Å². The average Bonchev–Trinajstić information content (AvgIpc) is 2.91. The SMILES string of the molecule is CCCC1SCC(C(=O)O)N1C(=O)c1ccc(C#N)cn1. The topological polar surface area (TPSA) is 94.3 Å². The van der Waals surface area contributed by atoms with E-state index < -0.39 is 17.9 Å². The highest BCUT2D eigenvalue weighted by molar-refractivity contribution is 8.00. The molecule has 0 spiro atoms. The Balaban J connectivity index is 2.27. The van der Waals surface area contributed by atoms with Crippen LogP contribution in [0.3, 0.4) is 0 Å². The molecule has 2 unspecified atom stereocenters. The molecule has 0 radical (unpaired) electrons. The molecule has 2 heterocycles. The Morgan fingerprint density at radius 1 is 1.57 bits per heavy atom. The van der Waals surface area contributed by atoms with Crippen LogP contribution in [0.1, 0.15) is 35.8 Å². The summed E-state index contributed by atoms with van der Waals surface area (Å²) < 4.78 is 0. The summed E-state index contributed by atoms with van der Waals surface area (Å²) >= 11 is 1.49. The summed E-state index contributed by atoms with van der Waals surface area (Å²) in [5.41, 5.74) is 0.533. The number of nitrogens with zero attached hydrogens (tertiary/aromatic N) is 3. The molecule has 0 aromatic carbocycles. The van der Waals surface area contributed by atoms with Crippen molar-refractivity contribution in [3.05, 3.63) is 29.6 Å². The number of rotatable bonds is 4. The second-order valence-corrected chi connectivity index (χ2v) is 5.90. The number of nitriles is 1. The number of thioether (sulfide) groups is 1. The highest BCUT2D eigenvalue weighted by atomic mass is 32.2. The van der Waals surface area contributed by atoms with E-state index in [1.165, 1.54) is 35.0 Å². The lowest BCUT2D eigenvalue weighted by Crippen LogP contribution is -2.45. The fourth-order valence-electron chi connectivity index (χ4n) is 2.21. The molecule has 110 valence electrons. The van der Waals surface area contributed by atoms with E-state index in [9.17, 15) is 14.7 Å². The van der Waals surface area contributed by atoms with Crippen LogP contribution in [0.25, 0.3) is 0 Å². The lowest BCUT2D eigenvalue weighted by atomic mass is 10.2. The van der Waals surface area contributed by atoms with Crippen LogP contribution in [0, 0.1) is 11.3 Å². The first-order valence-electron chi connectivity index (χ1n) is 6.61. The molecule has 2 atom stereocenters. The van der Waals surface area contributed by atoms with Crippen molar-refractivity contribution in [2.24, 2.45) is 0 Å². The van der Waals surface area contributed by atoms with Gasteiger partial charge in [0.25, 0.3) is 5.91 Å². The van der Waals surface area contributed by atoms with Gasteiger partial charge in [0.15, 0.2) is 0 Å². The number of amides is 1. The summed E-state index contributed by atoms with van der Waals surface area (Å²) in [6.45, 7) is 2.00. The summed E-state index contributed by atoms with van der Waals surface area (Å²) in [5, 5.41) is 17.9. The summed E-state index contributed by atoms with van der Waals surface area (Å²) in [6.07, 6.45) is 2.94. The maximum atomic E-state index is 12.6. The number of hydrogen-bond donors (Lipinski definition) is 1. The molecule has 2 rings (SSSR count). The predicted molar refractivity (Wildman–Crippen MR) is 77.7 cm³/mol. The smallest absolute Gasteiger partial charge is 0.327 e. The molecule has 1 amide bonds. The van der Waals surface area contributed by atoms with E-state index in [0.717, 1.165) is 12.8 Å². The molecule has 1 N–H and O–H groups in total. The van der Waals surface area contributed by atoms with Crippen LogP contribution in [0.2, 0.25) is 0 Å². The van der Waals surface area contributed by atoms with Crippen molar-refractivity contribution in [3.63, 3.8) is 0 Å². The summed E-state index contributed by atoms with van der Waals surface area (Å²) in [4.78, 5) is 29.3. The predicted octanol–water partition coefficient (Wildman–Crippen LogP) is 1.72. The molecule has 1 aromatic heterocycles. The number of carbonyl (C=O) groups excluding carboxylic acids is 1. The molecule has 0 saturated carbocycles. The Morgan fingerprint density at radius 3 is 2.86 bits per heavy atom. The molecule has 1 aliphatic rings.